The summed E-state index contributed by atoms with van der Waals surface area (Å²) in [6, 6.07) is 4.33. The molecule has 0 aliphatic heterocycles. The second-order valence-corrected chi connectivity index (χ2v) is 3.22. The summed E-state index contributed by atoms with van der Waals surface area (Å²) < 4.78 is 0. The van der Waals surface area contributed by atoms with E-state index in [0.717, 1.165) is 0 Å². The second kappa shape index (κ2) is 5.30. The Bertz CT molecular complexity index is 490. The number of amides is 1. The molecule has 5 heteroatoms. The van der Waals surface area contributed by atoms with Crippen LogP contribution >= 0.6 is 12.2 Å². The molecule has 1 amide bonds. The number of carboxylic acids is 1. The van der Waals surface area contributed by atoms with Crippen molar-refractivity contribution in [1.29, 1.82) is 0 Å². The monoisotopic (exact) mass is 235 g/mol. The molecule has 1 aromatic rings. The van der Waals surface area contributed by atoms with E-state index in [0.29, 0.717) is 17.5 Å². The number of rotatable bonds is 3. The molecule has 1 N–H and O–H groups in total. The molecule has 0 fully saturated rings. The highest BCUT2D eigenvalue weighted by molar-refractivity contribution is 7.78. The highest BCUT2D eigenvalue weighted by atomic mass is 32.1. The standard InChI is InChI=1S/C11H9NO3S/c1-2-7-5-8(10(13)12-6-16)3-4-9(7)11(14)15/h3-5H,2H2,1H3,(H,14,15). The third-order valence-corrected chi connectivity index (χ3v) is 2.20. The molecule has 82 valence electrons. The number of carbonyl (C=O) groups is 2. The van der Waals surface area contributed by atoms with E-state index < -0.39 is 11.9 Å². The van der Waals surface area contributed by atoms with Crippen molar-refractivity contribution in [3.8, 4) is 0 Å². The van der Waals surface area contributed by atoms with Gasteiger partial charge >= 0.3 is 5.97 Å². The number of isothiocyanates is 1. The van der Waals surface area contributed by atoms with Gasteiger partial charge in [-0.2, -0.15) is 4.99 Å². The Morgan fingerprint density at radius 3 is 2.69 bits per heavy atom. The highest BCUT2D eigenvalue weighted by Gasteiger charge is 2.12. The largest absolute Gasteiger partial charge is 0.478 e. The zero-order valence-electron chi connectivity index (χ0n) is 8.56. The summed E-state index contributed by atoms with van der Waals surface area (Å²) in [6.45, 7) is 1.82. The van der Waals surface area contributed by atoms with Gasteiger partial charge in [0, 0.05) is 5.56 Å². The van der Waals surface area contributed by atoms with Crippen LogP contribution in [0, 0.1) is 0 Å². The maximum Gasteiger partial charge on any atom is 0.335 e. The molecule has 0 spiro atoms. The van der Waals surface area contributed by atoms with E-state index in [-0.39, 0.29) is 5.56 Å². The molecule has 0 radical (unpaired) electrons. The zero-order chi connectivity index (χ0) is 12.1. The van der Waals surface area contributed by atoms with Crippen LogP contribution in [0.25, 0.3) is 0 Å². The fraction of sp³-hybridized carbons (Fsp3) is 0.182. The van der Waals surface area contributed by atoms with Gasteiger partial charge in [-0.3, -0.25) is 4.79 Å². The molecule has 1 aromatic carbocycles. The fourth-order valence-electron chi connectivity index (χ4n) is 1.33. The molecule has 0 aromatic heterocycles. The van der Waals surface area contributed by atoms with Crippen LogP contribution in [0.2, 0.25) is 0 Å². The molecule has 1 rings (SSSR count). The third-order valence-electron chi connectivity index (χ3n) is 2.11. The Balaban J connectivity index is 3.23. The molecular weight excluding hydrogens is 226 g/mol. The van der Waals surface area contributed by atoms with Crippen molar-refractivity contribution in [2.75, 3.05) is 0 Å². The maximum atomic E-state index is 11.4. The molecule has 0 saturated carbocycles. The van der Waals surface area contributed by atoms with Crippen LogP contribution < -0.4 is 0 Å². The normalized spacial score (nSPS) is 9.31. The first-order valence-corrected chi connectivity index (χ1v) is 4.99. The van der Waals surface area contributed by atoms with Crippen LogP contribution in [0.1, 0.15) is 33.2 Å². The molecule has 16 heavy (non-hydrogen) atoms. The lowest BCUT2D eigenvalue weighted by atomic mass is 10.0. The summed E-state index contributed by atoms with van der Waals surface area (Å²) in [5.41, 5.74) is 1.11. The number of aliphatic imine (C=N–C) groups is 1. The van der Waals surface area contributed by atoms with E-state index in [1.807, 2.05) is 12.1 Å². The molecule has 4 nitrogen and oxygen atoms in total. The van der Waals surface area contributed by atoms with Crippen molar-refractivity contribution >= 4 is 29.3 Å². The average molecular weight is 235 g/mol. The minimum atomic E-state index is -1.01. The number of nitrogens with zero attached hydrogens (tertiary/aromatic N) is 1. The van der Waals surface area contributed by atoms with Crippen molar-refractivity contribution in [2.24, 2.45) is 4.99 Å². The molecule has 0 aliphatic carbocycles. The smallest absolute Gasteiger partial charge is 0.335 e. The van der Waals surface area contributed by atoms with E-state index in [4.69, 9.17) is 5.11 Å². The number of carbonyl (C=O) groups excluding carboxylic acids is 1. The molecular formula is C11H9NO3S. The predicted molar refractivity (Wildman–Crippen MR) is 62.1 cm³/mol. The summed E-state index contributed by atoms with van der Waals surface area (Å²) in [5, 5.41) is 10.9. The van der Waals surface area contributed by atoms with Crippen LogP contribution in [-0.4, -0.2) is 22.1 Å². The number of aromatic carboxylic acids is 1. The van der Waals surface area contributed by atoms with Gasteiger partial charge in [0.05, 0.1) is 10.7 Å². The Morgan fingerprint density at radius 1 is 1.50 bits per heavy atom. The van der Waals surface area contributed by atoms with Gasteiger partial charge in [-0.25, -0.2) is 4.79 Å². The number of aryl methyl sites for hydroxylation is 1. The second-order valence-electron chi connectivity index (χ2n) is 3.04. The van der Waals surface area contributed by atoms with Gasteiger partial charge in [-0.15, -0.1) is 0 Å². The number of hydrogen-bond acceptors (Lipinski definition) is 3. The van der Waals surface area contributed by atoms with Crippen LogP contribution in [0.5, 0.6) is 0 Å². The number of thiocarbonyl (C=S) groups is 1. The Kier molecular flexibility index (Phi) is 4.05. The lowest BCUT2D eigenvalue weighted by Gasteiger charge is -2.04. The molecule has 0 aliphatic rings. The van der Waals surface area contributed by atoms with Gasteiger partial charge < -0.3 is 5.11 Å². The summed E-state index contributed by atoms with van der Waals surface area (Å²) in [7, 11) is 0. The summed E-state index contributed by atoms with van der Waals surface area (Å²) in [4.78, 5) is 25.5. The summed E-state index contributed by atoms with van der Waals surface area (Å²) >= 11 is 4.33. The van der Waals surface area contributed by atoms with Crippen molar-refractivity contribution in [2.45, 2.75) is 13.3 Å². The fourth-order valence-corrected chi connectivity index (χ4v) is 1.42. The molecule has 0 unspecified atom stereocenters. The number of carboxylic acid groups (broad SMARTS) is 1. The number of hydrogen-bond donors (Lipinski definition) is 1. The lowest BCUT2D eigenvalue weighted by Crippen LogP contribution is -2.04. The molecule has 0 heterocycles. The maximum absolute atomic E-state index is 11.4. The Morgan fingerprint density at radius 2 is 2.19 bits per heavy atom. The minimum absolute atomic E-state index is 0.199. The van der Waals surface area contributed by atoms with Crippen LogP contribution in [0.4, 0.5) is 0 Å². The topological polar surface area (TPSA) is 66.7 Å². The third kappa shape index (κ3) is 2.59. The Hall–Kier alpha value is -1.84. The van der Waals surface area contributed by atoms with Crippen molar-refractivity contribution in [1.82, 2.24) is 0 Å². The van der Waals surface area contributed by atoms with E-state index in [1.54, 1.807) is 0 Å². The van der Waals surface area contributed by atoms with Gasteiger partial charge in [0.2, 0.25) is 0 Å². The molecule has 0 atom stereocenters. The van der Waals surface area contributed by atoms with E-state index in [9.17, 15) is 9.59 Å². The van der Waals surface area contributed by atoms with Gasteiger partial charge in [0.1, 0.15) is 0 Å². The highest BCUT2D eigenvalue weighted by Crippen LogP contribution is 2.14. The van der Waals surface area contributed by atoms with Gasteiger partial charge in [-0.05, 0) is 42.4 Å². The lowest BCUT2D eigenvalue weighted by molar-refractivity contribution is 0.0695. The Labute approximate surface area is 97.6 Å². The van der Waals surface area contributed by atoms with Gasteiger partial charge in [0.25, 0.3) is 5.91 Å². The van der Waals surface area contributed by atoms with Crippen molar-refractivity contribution in [3.63, 3.8) is 0 Å². The first kappa shape index (κ1) is 12.2. The van der Waals surface area contributed by atoms with Gasteiger partial charge in [-0.1, -0.05) is 6.92 Å². The average Bonchev–Trinajstić information content (AvgIpc) is 2.28. The van der Waals surface area contributed by atoms with E-state index in [1.165, 1.54) is 18.2 Å². The SMILES string of the molecule is CCc1cc(C(=O)N=C=S)ccc1C(=O)O. The molecule has 0 saturated heterocycles. The first-order chi connectivity index (χ1) is 7.60. The van der Waals surface area contributed by atoms with Crippen LogP contribution in [0.15, 0.2) is 23.2 Å². The quantitative estimate of drug-likeness (QED) is 0.644. The number of benzene rings is 1. The van der Waals surface area contributed by atoms with Crippen molar-refractivity contribution < 1.29 is 14.7 Å². The van der Waals surface area contributed by atoms with Crippen LogP contribution in [0.3, 0.4) is 0 Å². The van der Waals surface area contributed by atoms with E-state index >= 15 is 0 Å². The van der Waals surface area contributed by atoms with E-state index in [2.05, 4.69) is 17.2 Å². The first-order valence-electron chi connectivity index (χ1n) is 4.58. The zero-order valence-corrected chi connectivity index (χ0v) is 9.37. The summed E-state index contributed by atoms with van der Waals surface area (Å²) in [5.74, 6) is -1.52. The molecule has 0 bridgehead atoms. The van der Waals surface area contributed by atoms with Gasteiger partial charge in [0.15, 0.2) is 0 Å². The predicted octanol–water partition coefficient (Wildman–Crippen LogP) is 2.19. The van der Waals surface area contributed by atoms with Crippen molar-refractivity contribution in [3.05, 3.63) is 34.9 Å². The van der Waals surface area contributed by atoms with Crippen LogP contribution in [-0.2, 0) is 6.42 Å². The summed E-state index contributed by atoms with van der Waals surface area (Å²) in [6.07, 6.45) is 0.532. The minimum Gasteiger partial charge on any atom is -0.478 e.